The van der Waals surface area contributed by atoms with E-state index in [1.165, 1.54) is 11.3 Å². The quantitative estimate of drug-likeness (QED) is 0.726. The predicted molar refractivity (Wildman–Crippen MR) is 57.9 cm³/mol. The second-order valence-electron chi connectivity index (χ2n) is 3.36. The molecular formula is C11H17N3. The third-order valence-corrected chi connectivity index (χ3v) is 2.35. The number of nitrogens with one attached hydrogen (secondary N) is 1. The van der Waals surface area contributed by atoms with Crippen LogP contribution in [0.15, 0.2) is 0 Å². The number of aromatic nitrogens is 2. The molecule has 0 unspecified atom stereocenters. The molecule has 3 heteroatoms. The Morgan fingerprint density at radius 3 is 2.79 bits per heavy atom. The van der Waals surface area contributed by atoms with Crippen LogP contribution < -0.4 is 5.32 Å². The fraction of sp³-hybridized carbons (Fsp3) is 0.545. The average Bonchev–Trinajstić information content (AvgIpc) is 2.43. The predicted octanol–water partition coefficient (Wildman–Crippen LogP) is 1.24. The van der Waals surface area contributed by atoms with E-state index in [4.69, 9.17) is 6.42 Å². The SMILES string of the molecule is C#CCCn1nc(C)c(CNC)c1C. The summed E-state index contributed by atoms with van der Waals surface area (Å²) in [4.78, 5) is 0. The van der Waals surface area contributed by atoms with Crippen molar-refractivity contribution in [3.63, 3.8) is 0 Å². The van der Waals surface area contributed by atoms with Gasteiger partial charge < -0.3 is 5.32 Å². The molecular weight excluding hydrogens is 174 g/mol. The van der Waals surface area contributed by atoms with Crippen molar-refractivity contribution in [3.8, 4) is 12.3 Å². The van der Waals surface area contributed by atoms with Crippen molar-refractivity contribution in [1.82, 2.24) is 15.1 Å². The van der Waals surface area contributed by atoms with Gasteiger partial charge in [-0.1, -0.05) is 0 Å². The maximum Gasteiger partial charge on any atom is 0.0641 e. The van der Waals surface area contributed by atoms with Gasteiger partial charge in [-0.15, -0.1) is 12.3 Å². The van der Waals surface area contributed by atoms with Gasteiger partial charge in [-0.05, 0) is 20.9 Å². The normalized spacial score (nSPS) is 10.1. The summed E-state index contributed by atoms with van der Waals surface area (Å²) >= 11 is 0. The van der Waals surface area contributed by atoms with Crippen LogP contribution in [-0.4, -0.2) is 16.8 Å². The highest BCUT2D eigenvalue weighted by atomic mass is 15.3. The molecule has 0 radical (unpaired) electrons. The van der Waals surface area contributed by atoms with E-state index >= 15 is 0 Å². The van der Waals surface area contributed by atoms with Crippen LogP contribution in [0.4, 0.5) is 0 Å². The molecule has 0 aliphatic rings. The summed E-state index contributed by atoms with van der Waals surface area (Å²) in [5.41, 5.74) is 3.59. The van der Waals surface area contributed by atoms with Gasteiger partial charge >= 0.3 is 0 Å². The summed E-state index contributed by atoms with van der Waals surface area (Å²) < 4.78 is 1.99. The van der Waals surface area contributed by atoms with Crippen molar-refractivity contribution in [2.24, 2.45) is 0 Å². The van der Waals surface area contributed by atoms with Crippen LogP contribution in [0, 0.1) is 26.2 Å². The fourth-order valence-corrected chi connectivity index (χ4v) is 1.55. The Labute approximate surface area is 85.5 Å². The third-order valence-electron chi connectivity index (χ3n) is 2.35. The highest BCUT2D eigenvalue weighted by Crippen LogP contribution is 2.12. The van der Waals surface area contributed by atoms with Crippen LogP contribution in [0.25, 0.3) is 0 Å². The molecule has 0 aromatic carbocycles. The van der Waals surface area contributed by atoms with Crippen LogP contribution in [0.3, 0.4) is 0 Å². The minimum Gasteiger partial charge on any atom is -0.316 e. The highest BCUT2D eigenvalue weighted by Gasteiger charge is 2.09. The number of hydrogen-bond acceptors (Lipinski definition) is 2. The van der Waals surface area contributed by atoms with E-state index in [9.17, 15) is 0 Å². The summed E-state index contributed by atoms with van der Waals surface area (Å²) in [6.45, 7) is 5.80. The zero-order chi connectivity index (χ0) is 10.6. The molecule has 3 nitrogen and oxygen atoms in total. The van der Waals surface area contributed by atoms with E-state index in [0.717, 1.165) is 25.2 Å². The monoisotopic (exact) mass is 191 g/mol. The van der Waals surface area contributed by atoms with Crippen molar-refractivity contribution >= 4 is 0 Å². The van der Waals surface area contributed by atoms with Crippen LogP contribution in [0.2, 0.25) is 0 Å². The number of rotatable bonds is 4. The molecule has 0 aliphatic carbocycles. The lowest BCUT2D eigenvalue weighted by molar-refractivity contribution is 0.606. The molecule has 1 aromatic heterocycles. The second-order valence-corrected chi connectivity index (χ2v) is 3.36. The summed E-state index contributed by atoms with van der Waals surface area (Å²) in [7, 11) is 1.94. The smallest absolute Gasteiger partial charge is 0.0641 e. The Morgan fingerprint density at radius 2 is 2.21 bits per heavy atom. The van der Waals surface area contributed by atoms with Crippen LogP contribution in [-0.2, 0) is 13.1 Å². The largest absolute Gasteiger partial charge is 0.316 e. The van der Waals surface area contributed by atoms with E-state index in [-0.39, 0.29) is 0 Å². The van der Waals surface area contributed by atoms with Gasteiger partial charge in [0.05, 0.1) is 12.2 Å². The van der Waals surface area contributed by atoms with E-state index in [1.54, 1.807) is 0 Å². The molecule has 14 heavy (non-hydrogen) atoms. The number of aryl methyl sites for hydroxylation is 2. The Hall–Kier alpha value is -1.27. The van der Waals surface area contributed by atoms with E-state index < -0.39 is 0 Å². The summed E-state index contributed by atoms with van der Waals surface area (Å²) in [6.07, 6.45) is 5.96. The maximum absolute atomic E-state index is 5.23. The Kier molecular flexibility index (Phi) is 3.73. The highest BCUT2D eigenvalue weighted by molar-refractivity contribution is 5.24. The fourth-order valence-electron chi connectivity index (χ4n) is 1.55. The molecule has 0 bridgehead atoms. The molecule has 76 valence electrons. The summed E-state index contributed by atoms with van der Waals surface area (Å²) in [5.74, 6) is 2.63. The molecule has 0 aliphatic heterocycles. The second kappa shape index (κ2) is 4.83. The van der Waals surface area contributed by atoms with Gasteiger partial charge in [-0.3, -0.25) is 4.68 Å². The minimum absolute atomic E-state index is 0.737. The zero-order valence-electron chi connectivity index (χ0n) is 9.09. The van der Waals surface area contributed by atoms with E-state index in [1.807, 2.05) is 18.7 Å². The average molecular weight is 191 g/mol. The van der Waals surface area contributed by atoms with Gasteiger partial charge in [0.15, 0.2) is 0 Å². The Morgan fingerprint density at radius 1 is 1.50 bits per heavy atom. The topological polar surface area (TPSA) is 29.9 Å². The van der Waals surface area contributed by atoms with Crippen molar-refractivity contribution < 1.29 is 0 Å². The lowest BCUT2D eigenvalue weighted by Gasteiger charge is -2.02. The van der Waals surface area contributed by atoms with E-state index in [0.29, 0.717) is 0 Å². The van der Waals surface area contributed by atoms with Crippen LogP contribution >= 0.6 is 0 Å². The molecule has 0 saturated heterocycles. The Balaban J connectivity index is 2.87. The first-order chi connectivity index (χ1) is 6.70. The molecule has 1 heterocycles. The standard InChI is InChI=1S/C11H17N3/c1-5-6-7-14-10(3)11(8-12-4)9(2)13-14/h1,12H,6-8H2,2-4H3. The zero-order valence-corrected chi connectivity index (χ0v) is 9.09. The first kappa shape index (κ1) is 10.8. The third kappa shape index (κ3) is 2.15. The van der Waals surface area contributed by atoms with Crippen LogP contribution in [0.5, 0.6) is 0 Å². The van der Waals surface area contributed by atoms with Crippen molar-refractivity contribution in [3.05, 3.63) is 17.0 Å². The van der Waals surface area contributed by atoms with Crippen molar-refractivity contribution in [1.29, 1.82) is 0 Å². The molecule has 1 rings (SSSR count). The summed E-state index contributed by atoms with van der Waals surface area (Å²) in [6, 6.07) is 0. The minimum atomic E-state index is 0.737. The van der Waals surface area contributed by atoms with Crippen LogP contribution in [0.1, 0.15) is 23.4 Å². The van der Waals surface area contributed by atoms with Gasteiger partial charge in [0.1, 0.15) is 0 Å². The lowest BCUT2D eigenvalue weighted by atomic mass is 10.2. The molecule has 0 saturated carbocycles. The summed E-state index contributed by atoms with van der Waals surface area (Å²) in [5, 5.41) is 7.59. The first-order valence-electron chi connectivity index (χ1n) is 4.81. The molecule has 0 fully saturated rings. The molecule has 1 aromatic rings. The molecule has 0 spiro atoms. The number of hydrogen-bond donors (Lipinski definition) is 1. The Bertz CT molecular complexity index is 344. The van der Waals surface area contributed by atoms with Gasteiger partial charge in [-0.25, -0.2) is 0 Å². The molecule has 0 amide bonds. The van der Waals surface area contributed by atoms with E-state index in [2.05, 4.69) is 23.3 Å². The maximum atomic E-state index is 5.23. The van der Waals surface area contributed by atoms with Crippen molar-refractivity contribution in [2.45, 2.75) is 33.4 Å². The van der Waals surface area contributed by atoms with Gasteiger partial charge in [0, 0.05) is 24.2 Å². The number of terminal acetylenes is 1. The number of nitrogens with zero attached hydrogens (tertiary/aromatic N) is 2. The lowest BCUT2D eigenvalue weighted by Crippen LogP contribution is -2.07. The first-order valence-corrected chi connectivity index (χ1v) is 4.81. The van der Waals surface area contributed by atoms with Gasteiger partial charge in [0.25, 0.3) is 0 Å². The van der Waals surface area contributed by atoms with Gasteiger partial charge in [-0.2, -0.15) is 5.10 Å². The molecule has 1 N–H and O–H groups in total. The molecule has 0 atom stereocenters. The van der Waals surface area contributed by atoms with Crippen molar-refractivity contribution in [2.75, 3.05) is 7.05 Å². The van der Waals surface area contributed by atoms with Gasteiger partial charge in [0.2, 0.25) is 0 Å².